The molecule has 0 aliphatic heterocycles. The topological polar surface area (TPSA) is 61.4 Å². The van der Waals surface area contributed by atoms with Crippen LogP contribution in [0.2, 0.25) is 0 Å². The number of nitrogens with zero attached hydrogens (tertiary/aromatic N) is 4. The number of aromatic nitrogens is 2. The van der Waals surface area contributed by atoms with Gasteiger partial charge in [-0.2, -0.15) is 4.98 Å². The zero-order chi connectivity index (χ0) is 19.9. The number of hydrogen-bond acceptors (Lipinski definition) is 5. The van der Waals surface area contributed by atoms with E-state index in [-0.39, 0.29) is 5.91 Å². The van der Waals surface area contributed by atoms with Gasteiger partial charge in [0.2, 0.25) is 5.95 Å². The Morgan fingerprint density at radius 3 is 2.50 bits per heavy atom. The number of hydrogen-bond donors (Lipinski definition) is 1. The molecule has 1 aliphatic rings. The lowest BCUT2D eigenvalue weighted by molar-refractivity contribution is 0.0946. The van der Waals surface area contributed by atoms with Gasteiger partial charge in [0.25, 0.3) is 5.91 Å². The minimum Gasteiger partial charge on any atom is -0.357 e. The smallest absolute Gasteiger partial charge is 0.270 e. The molecule has 1 aliphatic carbocycles. The fourth-order valence-electron chi connectivity index (χ4n) is 3.11. The summed E-state index contributed by atoms with van der Waals surface area (Å²) in [5.74, 6) is 1.93. The molecular weight excluding hydrogens is 350 g/mol. The van der Waals surface area contributed by atoms with Crippen LogP contribution in [0.4, 0.5) is 11.8 Å². The molecule has 0 atom stereocenters. The van der Waals surface area contributed by atoms with Gasteiger partial charge in [0.15, 0.2) is 0 Å². The van der Waals surface area contributed by atoms with Crippen LogP contribution in [0, 0.1) is 5.92 Å². The molecule has 150 valence electrons. The Kier molecular flexibility index (Phi) is 6.85. The molecule has 0 saturated heterocycles. The van der Waals surface area contributed by atoms with Crippen molar-refractivity contribution < 1.29 is 4.79 Å². The number of carbonyl (C=O) groups excluding carboxylic acids is 1. The minimum absolute atomic E-state index is 0.111. The van der Waals surface area contributed by atoms with Crippen LogP contribution in [0.3, 0.4) is 0 Å². The normalized spacial score (nSPS) is 13.2. The molecule has 1 saturated carbocycles. The Bertz CT molecular complexity index is 772. The first kappa shape index (κ1) is 20.1. The van der Waals surface area contributed by atoms with Gasteiger partial charge in [-0.1, -0.05) is 30.3 Å². The second kappa shape index (κ2) is 9.53. The van der Waals surface area contributed by atoms with Gasteiger partial charge in [-0.05, 0) is 44.6 Å². The minimum atomic E-state index is -0.111. The third-order valence-electron chi connectivity index (χ3n) is 5.19. The van der Waals surface area contributed by atoms with Crippen molar-refractivity contribution in [3.05, 3.63) is 47.7 Å². The SMILES string of the molecule is CCN(CC)c1cc(C(=O)NCC2CC2)nc(N(C)CCc2ccccc2)n1. The van der Waals surface area contributed by atoms with E-state index in [0.717, 1.165) is 38.4 Å². The Balaban J connectivity index is 1.77. The van der Waals surface area contributed by atoms with Crippen LogP contribution in [0.15, 0.2) is 36.4 Å². The summed E-state index contributed by atoms with van der Waals surface area (Å²) in [5.41, 5.74) is 1.72. The maximum Gasteiger partial charge on any atom is 0.270 e. The lowest BCUT2D eigenvalue weighted by atomic mass is 10.1. The summed E-state index contributed by atoms with van der Waals surface area (Å²) in [6.45, 7) is 7.39. The highest BCUT2D eigenvalue weighted by atomic mass is 16.1. The first-order valence-electron chi connectivity index (χ1n) is 10.3. The quantitative estimate of drug-likeness (QED) is 0.685. The van der Waals surface area contributed by atoms with Gasteiger partial charge in [-0.3, -0.25) is 4.79 Å². The van der Waals surface area contributed by atoms with Crippen molar-refractivity contribution in [3.63, 3.8) is 0 Å². The predicted octanol–water partition coefficient (Wildman–Crippen LogP) is 3.14. The summed E-state index contributed by atoms with van der Waals surface area (Å²) in [6, 6.07) is 12.2. The van der Waals surface area contributed by atoms with Crippen LogP contribution in [0.25, 0.3) is 0 Å². The van der Waals surface area contributed by atoms with Gasteiger partial charge in [0, 0.05) is 39.3 Å². The molecule has 1 aromatic carbocycles. The zero-order valence-corrected chi connectivity index (χ0v) is 17.2. The molecule has 1 fully saturated rings. The van der Waals surface area contributed by atoms with E-state index in [4.69, 9.17) is 4.98 Å². The van der Waals surface area contributed by atoms with E-state index < -0.39 is 0 Å². The molecule has 0 radical (unpaired) electrons. The van der Waals surface area contributed by atoms with Crippen LogP contribution >= 0.6 is 0 Å². The number of likely N-dealkylation sites (N-methyl/N-ethyl adjacent to an activating group) is 1. The van der Waals surface area contributed by atoms with E-state index in [1.165, 1.54) is 18.4 Å². The van der Waals surface area contributed by atoms with E-state index in [0.29, 0.717) is 17.6 Å². The third kappa shape index (κ3) is 5.44. The lowest BCUT2D eigenvalue weighted by Gasteiger charge is -2.23. The maximum absolute atomic E-state index is 12.6. The van der Waals surface area contributed by atoms with Crippen molar-refractivity contribution in [2.45, 2.75) is 33.1 Å². The highest BCUT2D eigenvalue weighted by Crippen LogP contribution is 2.27. The molecule has 6 heteroatoms. The number of anilines is 2. The number of nitrogens with one attached hydrogen (secondary N) is 1. The molecule has 1 aromatic heterocycles. The lowest BCUT2D eigenvalue weighted by Crippen LogP contribution is -2.30. The molecule has 0 unspecified atom stereocenters. The molecular formula is C22H31N5O. The molecule has 0 spiro atoms. The van der Waals surface area contributed by atoms with Gasteiger partial charge in [0.1, 0.15) is 11.5 Å². The van der Waals surface area contributed by atoms with E-state index in [1.54, 1.807) is 0 Å². The van der Waals surface area contributed by atoms with E-state index in [2.05, 4.69) is 53.3 Å². The predicted molar refractivity (Wildman–Crippen MR) is 114 cm³/mol. The van der Waals surface area contributed by atoms with Crippen molar-refractivity contribution in [1.82, 2.24) is 15.3 Å². The average Bonchev–Trinajstić information content (AvgIpc) is 3.56. The Hall–Kier alpha value is -2.63. The van der Waals surface area contributed by atoms with Crippen molar-refractivity contribution in [2.24, 2.45) is 5.92 Å². The first-order chi connectivity index (χ1) is 13.6. The zero-order valence-electron chi connectivity index (χ0n) is 17.2. The van der Waals surface area contributed by atoms with Crippen molar-refractivity contribution >= 4 is 17.7 Å². The van der Waals surface area contributed by atoms with Gasteiger partial charge in [0.05, 0.1) is 0 Å². The van der Waals surface area contributed by atoms with Gasteiger partial charge in [-0.15, -0.1) is 0 Å². The average molecular weight is 382 g/mol. The second-order valence-electron chi connectivity index (χ2n) is 7.39. The van der Waals surface area contributed by atoms with Crippen LogP contribution < -0.4 is 15.1 Å². The highest BCUT2D eigenvalue weighted by molar-refractivity contribution is 5.93. The summed E-state index contributed by atoms with van der Waals surface area (Å²) in [6.07, 6.45) is 3.32. The van der Waals surface area contributed by atoms with Gasteiger partial charge >= 0.3 is 0 Å². The Labute approximate surface area is 168 Å². The molecule has 1 N–H and O–H groups in total. The number of carbonyl (C=O) groups is 1. The van der Waals surface area contributed by atoms with Crippen LogP contribution in [-0.4, -0.2) is 49.1 Å². The molecule has 6 nitrogen and oxygen atoms in total. The van der Waals surface area contributed by atoms with Crippen LogP contribution in [0.5, 0.6) is 0 Å². The van der Waals surface area contributed by atoms with Gasteiger partial charge < -0.3 is 15.1 Å². The second-order valence-corrected chi connectivity index (χ2v) is 7.39. The third-order valence-corrected chi connectivity index (χ3v) is 5.19. The number of rotatable bonds is 10. The summed E-state index contributed by atoms with van der Waals surface area (Å²) < 4.78 is 0. The molecule has 28 heavy (non-hydrogen) atoms. The monoisotopic (exact) mass is 381 g/mol. The fourth-order valence-corrected chi connectivity index (χ4v) is 3.11. The summed E-state index contributed by atoms with van der Waals surface area (Å²) in [5, 5.41) is 3.02. The first-order valence-corrected chi connectivity index (χ1v) is 10.3. The van der Waals surface area contributed by atoms with E-state index >= 15 is 0 Å². The maximum atomic E-state index is 12.6. The standard InChI is InChI=1S/C22H31N5O/c1-4-27(5-2)20-15-19(21(28)23-16-18-11-12-18)24-22(25-20)26(3)14-13-17-9-7-6-8-10-17/h6-10,15,18H,4-5,11-14,16H2,1-3H3,(H,23,28). The van der Waals surface area contributed by atoms with Crippen molar-refractivity contribution in [1.29, 1.82) is 0 Å². The Morgan fingerprint density at radius 2 is 1.86 bits per heavy atom. The summed E-state index contributed by atoms with van der Waals surface area (Å²) in [4.78, 5) is 26.1. The summed E-state index contributed by atoms with van der Waals surface area (Å²) >= 11 is 0. The molecule has 3 rings (SSSR count). The van der Waals surface area contributed by atoms with E-state index in [9.17, 15) is 4.79 Å². The van der Waals surface area contributed by atoms with Crippen LogP contribution in [-0.2, 0) is 6.42 Å². The summed E-state index contributed by atoms with van der Waals surface area (Å²) in [7, 11) is 1.98. The van der Waals surface area contributed by atoms with Crippen molar-refractivity contribution in [3.8, 4) is 0 Å². The Morgan fingerprint density at radius 1 is 1.14 bits per heavy atom. The molecule has 1 amide bonds. The number of benzene rings is 1. The highest BCUT2D eigenvalue weighted by Gasteiger charge is 2.23. The van der Waals surface area contributed by atoms with Gasteiger partial charge in [-0.25, -0.2) is 4.98 Å². The fraction of sp³-hybridized carbons (Fsp3) is 0.500. The largest absolute Gasteiger partial charge is 0.357 e. The molecule has 1 heterocycles. The van der Waals surface area contributed by atoms with Crippen molar-refractivity contribution in [2.75, 3.05) is 43.0 Å². The molecule has 0 bridgehead atoms. The van der Waals surface area contributed by atoms with E-state index in [1.807, 2.05) is 24.1 Å². The number of amides is 1. The van der Waals surface area contributed by atoms with Crippen LogP contribution in [0.1, 0.15) is 42.7 Å². The molecule has 2 aromatic rings.